The summed E-state index contributed by atoms with van der Waals surface area (Å²) < 4.78 is 5.32. The Morgan fingerprint density at radius 1 is 1.22 bits per heavy atom. The Labute approximate surface area is 162 Å². The van der Waals surface area contributed by atoms with Crippen LogP contribution >= 0.6 is 11.3 Å². The Bertz CT molecular complexity index is 987. The standard InChI is InChI=1S/C21H23N3O2S/c1-12(2)19-18(13(3)24-26-19)20(25)23-21-22-17(11-27-21)16-9-8-14-6-4-5-7-15(14)10-16/h8-12H,4-7H2,1-3H3,(H,22,23,25). The third-order valence-electron chi connectivity index (χ3n) is 5.01. The molecule has 2 heterocycles. The number of aromatic nitrogens is 2. The second-order valence-electron chi connectivity index (χ2n) is 7.34. The molecule has 0 spiro atoms. The molecule has 3 aromatic rings. The maximum absolute atomic E-state index is 12.7. The summed E-state index contributed by atoms with van der Waals surface area (Å²) in [4.78, 5) is 17.3. The Morgan fingerprint density at radius 3 is 2.78 bits per heavy atom. The number of nitrogens with zero attached hydrogens (tertiary/aromatic N) is 2. The van der Waals surface area contributed by atoms with Crippen molar-refractivity contribution in [2.24, 2.45) is 0 Å². The van der Waals surface area contributed by atoms with E-state index in [0.29, 0.717) is 22.1 Å². The smallest absolute Gasteiger partial charge is 0.262 e. The number of hydrogen-bond donors (Lipinski definition) is 1. The van der Waals surface area contributed by atoms with Gasteiger partial charge in [0.05, 0.1) is 11.4 Å². The number of nitrogens with one attached hydrogen (secondary N) is 1. The normalized spacial score (nSPS) is 13.6. The van der Waals surface area contributed by atoms with Crippen LogP contribution in [0.25, 0.3) is 11.3 Å². The predicted molar refractivity (Wildman–Crippen MR) is 107 cm³/mol. The van der Waals surface area contributed by atoms with Crippen LogP contribution < -0.4 is 5.32 Å². The van der Waals surface area contributed by atoms with E-state index in [-0.39, 0.29) is 11.8 Å². The molecule has 0 saturated heterocycles. The molecule has 0 aliphatic heterocycles. The Morgan fingerprint density at radius 2 is 2.00 bits per heavy atom. The van der Waals surface area contributed by atoms with Gasteiger partial charge in [-0.2, -0.15) is 0 Å². The highest BCUT2D eigenvalue weighted by atomic mass is 32.1. The van der Waals surface area contributed by atoms with Gasteiger partial charge in [0, 0.05) is 16.9 Å². The van der Waals surface area contributed by atoms with E-state index in [4.69, 9.17) is 4.52 Å². The van der Waals surface area contributed by atoms with Gasteiger partial charge in [-0.1, -0.05) is 31.1 Å². The largest absolute Gasteiger partial charge is 0.360 e. The molecule has 0 fully saturated rings. The predicted octanol–water partition coefficient (Wildman–Crippen LogP) is 5.36. The monoisotopic (exact) mass is 381 g/mol. The molecule has 0 radical (unpaired) electrons. The lowest BCUT2D eigenvalue weighted by molar-refractivity contribution is 0.102. The molecule has 1 amide bonds. The molecule has 0 bridgehead atoms. The average Bonchev–Trinajstić information content (AvgIpc) is 3.28. The summed E-state index contributed by atoms with van der Waals surface area (Å²) in [5.41, 5.74) is 6.00. The lowest BCUT2D eigenvalue weighted by Crippen LogP contribution is -2.14. The first kappa shape index (κ1) is 17.9. The van der Waals surface area contributed by atoms with Crippen LogP contribution in [0.5, 0.6) is 0 Å². The number of carbonyl (C=O) groups is 1. The molecule has 0 unspecified atom stereocenters. The van der Waals surface area contributed by atoms with E-state index in [2.05, 4.69) is 33.7 Å². The van der Waals surface area contributed by atoms with E-state index in [0.717, 1.165) is 17.7 Å². The lowest BCUT2D eigenvalue weighted by atomic mass is 9.90. The van der Waals surface area contributed by atoms with Gasteiger partial charge in [0.2, 0.25) is 0 Å². The molecule has 2 aromatic heterocycles. The molecule has 140 valence electrons. The van der Waals surface area contributed by atoms with Crippen molar-refractivity contribution < 1.29 is 9.32 Å². The van der Waals surface area contributed by atoms with Gasteiger partial charge < -0.3 is 4.52 Å². The summed E-state index contributed by atoms with van der Waals surface area (Å²) in [6.07, 6.45) is 4.84. The number of anilines is 1. The minimum atomic E-state index is -0.219. The molecule has 6 heteroatoms. The summed E-state index contributed by atoms with van der Waals surface area (Å²) in [5.74, 6) is 0.481. The first-order valence-corrected chi connectivity index (χ1v) is 10.3. The molecule has 0 atom stereocenters. The number of hydrogen-bond acceptors (Lipinski definition) is 5. The maximum Gasteiger partial charge on any atom is 0.262 e. The molecule has 27 heavy (non-hydrogen) atoms. The summed E-state index contributed by atoms with van der Waals surface area (Å²) in [6.45, 7) is 5.74. The first-order valence-electron chi connectivity index (χ1n) is 9.38. The van der Waals surface area contributed by atoms with Crippen LogP contribution in [0.4, 0.5) is 5.13 Å². The third kappa shape index (κ3) is 3.54. The topological polar surface area (TPSA) is 68.0 Å². The molecule has 1 aliphatic carbocycles. The van der Waals surface area contributed by atoms with Crippen LogP contribution in [-0.2, 0) is 12.8 Å². The minimum Gasteiger partial charge on any atom is -0.360 e. The molecule has 0 saturated carbocycles. The average molecular weight is 382 g/mol. The summed E-state index contributed by atoms with van der Waals surface area (Å²) in [6, 6.07) is 6.60. The van der Waals surface area contributed by atoms with E-state index in [1.165, 1.54) is 41.7 Å². The van der Waals surface area contributed by atoms with Gasteiger partial charge in [-0.3, -0.25) is 10.1 Å². The molecule has 5 nitrogen and oxygen atoms in total. The summed E-state index contributed by atoms with van der Waals surface area (Å²) in [5, 5.41) is 9.42. The van der Waals surface area contributed by atoms with Gasteiger partial charge in [-0.15, -0.1) is 11.3 Å². The highest BCUT2D eigenvalue weighted by Gasteiger charge is 2.23. The van der Waals surface area contributed by atoms with Crippen LogP contribution in [0.3, 0.4) is 0 Å². The molecule has 1 aliphatic rings. The van der Waals surface area contributed by atoms with Crippen molar-refractivity contribution >= 4 is 22.4 Å². The highest BCUT2D eigenvalue weighted by molar-refractivity contribution is 7.14. The van der Waals surface area contributed by atoms with Crippen molar-refractivity contribution in [2.45, 2.75) is 52.4 Å². The number of benzene rings is 1. The summed E-state index contributed by atoms with van der Waals surface area (Å²) in [7, 11) is 0. The van der Waals surface area contributed by atoms with Crippen molar-refractivity contribution in [1.29, 1.82) is 0 Å². The van der Waals surface area contributed by atoms with Gasteiger partial charge in [0.25, 0.3) is 5.91 Å². The highest BCUT2D eigenvalue weighted by Crippen LogP contribution is 2.30. The number of carbonyl (C=O) groups excluding carboxylic acids is 1. The fraction of sp³-hybridized carbons (Fsp3) is 0.381. The maximum atomic E-state index is 12.7. The first-order chi connectivity index (χ1) is 13.0. The van der Waals surface area contributed by atoms with Crippen molar-refractivity contribution in [3.05, 3.63) is 51.7 Å². The second kappa shape index (κ2) is 7.27. The lowest BCUT2D eigenvalue weighted by Gasteiger charge is -2.16. The van der Waals surface area contributed by atoms with Gasteiger partial charge in [-0.25, -0.2) is 4.98 Å². The zero-order chi connectivity index (χ0) is 19.0. The summed E-state index contributed by atoms with van der Waals surface area (Å²) >= 11 is 1.43. The van der Waals surface area contributed by atoms with E-state index in [1.54, 1.807) is 6.92 Å². The molecular formula is C21H23N3O2S. The Balaban J connectivity index is 1.55. The van der Waals surface area contributed by atoms with Gasteiger partial charge in [-0.05, 0) is 49.8 Å². The second-order valence-corrected chi connectivity index (χ2v) is 8.20. The van der Waals surface area contributed by atoms with Crippen LogP contribution in [0.15, 0.2) is 28.1 Å². The molecule has 4 rings (SSSR count). The molecule has 1 aromatic carbocycles. The van der Waals surface area contributed by atoms with Crippen molar-refractivity contribution in [1.82, 2.24) is 10.1 Å². The van der Waals surface area contributed by atoms with Crippen LogP contribution in [0.2, 0.25) is 0 Å². The van der Waals surface area contributed by atoms with E-state index in [9.17, 15) is 4.79 Å². The van der Waals surface area contributed by atoms with E-state index >= 15 is 0 Å². The minimum absolute atomic E-state index is 0.0919. The van der Waals surface area contributed by atoms with Crippen molar-refractivity contribution in [3.8, 4) is 11.3 Å². The van der Waals surface area contributed by atoms with E-state index in [1.807, 2.05) is 19.2 Å². The van der Waals surface area contributed by atoms with Crippen molar-refractivity contribution in [2.75, 3.05) is 5.32 Å². The van der Waals surface area contributed by atoms with Gasteiger partial charge >= 0.3 is 0 Å². The van der Waals surface area contributed by atoms with Crippen LogP contribution in [-0.4, -0.2) is 16.0 Å². The molecule has 1 N–H and O–H groups in total. The van der Waals surface area contributed by atoms with Gasteiger partial charge in [0.15, 0.2) is 10.9 Å². The van der Waals surface area contributed by atoms with Crippen molar-refractivity contribution in [3.63, 3.8) is 0 Å². The fourth-order valence-corrected chi connectivity index (χ4v) is 4.29. The van der Waals surface area contributed by atoms with Gasteiger partial charge in [0.1, 0.15) is 5.56 Å². The SMILES string of the molecule is Cc1noc(C(C)C)c1C(=O)Nc1nc(-c2ccc3c(c2)CCCC3)cs1. The van der Waals surface area contributed by atoms with E-state index < -0.39 is 0 Å². The zero-order valence-electron chi connectivity index (χ0n) is 15.8. The zero-order valence-corrected chi connectivity index (χ0v) is 16.7. The quantitative estimate of drug-likeness (QED) is 0.660. The molecular weight excluding hydrogens is 358 g/mol. The number of aryl methyl sites for hydroxylation is 3. The number of amides is 1. The number of rotatable bonds is 4. The van der Waals surface area contributed by atoms with Crippen LogP contribution in [0, 0.1) is 6.92 Å². The third-order valence-corrected chi connectivity index (χ3v) is 5.77. The Hall–Kier alpha value is -2.47. The Kier molecular flexibility index (Phi) is 4.83. The fourth-order valence-electron chi connectivity index (χ4n) is 3.57. The number of thiazole rings is 1. The van der Waals surface area contributed by atoms with Crippen LogP contribution in [0.1, 0.15) is 65.5 Å². The number of fused-ring (bicyclic) bond motifs is 1.